The average molecular weight is 365 g/mol. The summed E-state index contributed by atoms with van der Waals surface area (Å²) in [6.07, 6.45) is -0.673. The predicted molar refractivity (Wildman–Crippen MR) is 89.1 cm³/mol. The molecule has 0 amide bonds. The first-order chi connectivity index (χ1) is 11.6. The molecule has 3 aromatic rings. The van der Waals surface area contributed by atoms with Gasteiger partial charge in [0, 0.05) is 0 Å². The third-order valence-electron chi connectivity index (χ3n) is 3.01. The van der Waals surface area contributed by atoms with Crippen molar-refractivity contribution < 1.29 is 18.7 Å². The Hall–Kier alpha value is -2.38. The van der Waals surface area contributed by atoms with Crippen LogP contribution >= 0.6 is 22.9 Å². The van der Waals surface area contributed by atoms with E-state index in [2.05, 4.69) is 10.2 Å². The number of ether oxygens (including phenoxy) is 2. The summed E-state index contributed by atoms with van der Waals surface area (Å²) in [5, 5.41) is 10.2. The molecule has 24 heavy (non-hydrogen) atoms. The van der Waals surface area contributed by atoms with Crippen molar-refractivity contribution >= 4 is 28.9 Å². The molecule has 0 aliphatic heterocycles. The van der Waals surface area contributed by atoms with Gasteiger partial charge in [-0.05, 0) is 30.5 Å². The summed E-state index contributed by atoms with van der Waals surface area (Å²) in [4.78, 5) is 12.7. The molecule has 0 saturated heterocycles. The number of thiophene rings is 1. The summed E-state index contributed by atoms with van der Waals surface area (Å²) in [6, 6.07) is 10.6. The fraction of sp³-hybridized carbons (Fsp3) is 0.188. The average Bonchev–Trinajstić information content (AvgIpc) is 3.25. The van der Waals surface area contributed by atoms with E-state index >= 15 is 0 Å². The highest BCUT2D eigenvalue weighted by atomic mass is 35.5. The van der Waals surface area contributed by atoms with Gasteiger partial charge in [0.2, 0.25) is 0 Å². The molecule has 0 bridgehead atoms. The molecule has 0 unspecified atom stereocenters. The number of carbonyl (C=O) groups is 1. The van der Waals surface area contributed by atoms with E-state index in [-0.39, 0.29) is 12.5 Å². The van der Waals surface area contributed by atoms with Crippen molar-refractivity contribution in [2.75, 3.05) is 6.61 Å². The molecule has 0 fully saturated rings. The van der Waals surface area contributed by atoms with Crippen LogP contribution in [-0.2, 0) is 9.53 Å². The molecule has 0 N–H and O–H groups in total. The Kier molecular flexibility index (Phi) is 5.12. The number of carbonyl (C=O) groups excluding carboxylic acids is 1. The van der Waals surface area contributed by atoms with Crippen LogP contribution in [0.25, 0.3) is 10.8 Å². The molecule has 1 aromatic carbocycles. The van der Waals surface area contributed by atoms with Crippen LogP contribution in [0.4, 0.5) is 0 Å². The Morgan fingerprint density at radius 1 is 1.29 bits per heavy atom. The molecule has 124 valence electrons. The number of rotatable bonds is 6. The van der Waals surface area contributed by atoms with Crippen molar-refractivity contribution in [1.29, 1.82) is 0 Å². The van der Waals surface area contributed by atoms with Gasteiger partial charge in [0.05, 0.1) is 9.90 Å². The lowest BCUT2D eigenvalue weighted by atomic mass is 10.3. The quantitative estimate of drug-likeness (QED) is 0.612. The van der Waals surface area contributed by atoms with Crippen molar-refractivity contribution in [2.24, 2.45) is 0 Å². The molecule has 0 aliphatic rings. The lowest BCUT2D eigenvalue weighted by Gasteiger charge is -2.10. The minimum atomic E-state index is -0.673. The van der Waals surface area contributed by atoms with Crippen LogP contribution in [0.2, 0.25) is 5.02 Å². The molecule has 2 aromatic heterocycles. The topological polar surface area (TPSA) is 74.5 Å². The SMILES string of the molecule is C[C@H](OC(=O)COc1ccccc1Cl)c1nnc(-c2cccs2)o1. The third-order valence-corrected chi connectivity index (χ3v) is 4.18. The van der Waals surface area contributed by atoms with Crippen LogP contribution in [0.5, 0.6) is 5.75 Å². The van der Waals surface area contributed by atoms with Crippen LogP contribution in [-0.4, -0.2) is 22.8 Å². The summed E-state index contributed by atoms with van der Waals surface area (Å²) >= 11 is 7.44. The molecule has 3 rings (SSSR count). The maximum Gasteiger partial charge on any atom is 0.344 e. The number of halogens is 1. The first-order valence-electron chi connectivity index (χ1n) is 7.07. The van der Waals surface area contributed by atoms with E-state index in [4.69, 9.17) is 25.5 Å². The molecule has 2 heterocycles. The second-order valence-corrected chi connectivity index (χ2v) is 6.13. The van der Waals surface area contributed by atoms with Crippen molar-refractivity contribution in [1.82, 2.24) is 10.2 Å². The molecular formula is C16H13ClN2O4S. The van der Waals surface area contributed by atoms with Gasteiger partial charge >= 0.3 is 5.97 Å². The van der Waals surface area contributed by atoms with Gasteiger partial charge < -0.3 is 13.9 Å². The van der Waals surface area contributed by atoms with Gasteiger partial charge in [-0.1, -0.05) is 29.8 Å². The standard InChI is InChI=1S/C16H13ClN2O4S/c1-10(15-18-19-16(23-15)13-7-4-8-24-13)22-14(20)9-21-12-6-3-2-5-11(12)17/h2-8,10H,9H2,1H3/t10-/m0/s1. The number of nitrogens with zero attached hydrogens (tertiary/aromatic N) is 2. The van der Waals surface area contributed by atoms with E-state index in [1.54, 1.807) is 31.2 Å². The zero-order valence-corrected chi connectivity index (χ0v) is 14.2. The lowest BCUT2D eigenvalue weighted by Crippen LogP contribution is -2.17. The second kappa shape index (κ2) is 7.46. The number of esters is 1. The summed E-state index contributed by atoms with van der Waals surface area (Å²) in [6.45, 7) is 1.39. The molecular weight excluding hydrogens is 352 g/mol. The van der Waals surface area contributed by atoms with Crippen molar-refractivity contribution in [3.63, 3.8) is 0 Å². The molecule has 0 spiro atoms. The lowest BCUT2D eigenvalue weighted by molar-refractivity contribution is -0.152. The van der Waals surface area contributed by atoms with Gasteiger partial charge in [-0.15, -0.1) is 21.5 Å². The highest BCUT2D eigenvalue weighted by Gasteiger charge is 2.19. The number of hydrogen-bond donors (Lipinski definition) is 0. The second-order valence-electron chi connectivity index (χ2n) is 4.77. The van der Waals surface area contributed by atoms with Gasteiger partial charge in [0.25, 0.3) is 11.8 Å². The molecule has 0 radical (unpaired) electrons. The highest BCUT2D eigenvalue weighted by molar-refractivity contribution is 7.13. The van der Waals surface area contributed by atoms with Crippen LogP contribution in [0.15, 0.2) is 46.2 Å². The first kappa shape index (κ1) is 16.5. The van der Waals surface area contributed by atoms with E-state index in [1.807, 2.05) is 17.5 Å². The zero-order valence-electron chi connectivity index (χ0n) is 12.6. The highest BCUT2D eigenvalue weighted by Crippen LogP contribution is 2.26. The summed E-state index contributed by atoms with van der Waals surface area (Å²) in [7, 11) is 0. The van der Waals surface area contributed by atoms with E-state index < -0.39 is 12.1 Å². The Morgan fingerprint density at radius 2 is 2.12 bits per heavy atom. The number of benzene rings is 1. The number of hydrogen-bond acceptors (Lipinski definition) is 7. The van der Waals surface area contributed by atoms with Crippen LogP contribution < -0.4 is 4.74 Å². The zero-order chi connectivity index (χ0) is 16.9. The summed E-state index contributed by atoms with van der Waals surface area (Å²) in [5.41, 5.74) is 0. The molecule has 1 atom stereocenters. The predicted octanol–water partition coefficient (Wildman–Crippen LogP) is 4.13. The Bertz CT molecular complexity index is 819. The van der Waals surface area contributed by atoms with Crippen LogP contribution in [0.3, 0.4) is 0 Å². The number of aromatic nitrogens is 2. The van der Waals surface area contributed by atoms with Gasteiger partial charge in [-0.25, -0.2) is 4.79 Å². The smallest absolute Gasteiger partial charge is 0.344 e. The Morgan fingerprint density at radius 3 is 2.88 bits per heavy atom. The third kappa shape index (κ3) is 3.93. The summed E-state index contributed by atoms with van der Waals surface area (Å²) < 4.78 is 16.1. The van der Waals surface area contributed by atoms with Crippen LogP contribution in [0.1, 0.15) is 18.9 Å². The van der Waals surface area contributed by atoms with Gasteiger partial charge in [-0.3, -0.25) is 0 Å². The molecule has 0 aliphatic carbocycles. The first-order valence-corrected chi connectivity index (χ1v) is 8.33. The fourth-order valence-corrected chi connectivity index (χ4v) is 2.71. The number of para-hydroxylation sites is 1. The van der Waals surface area contributed by atoms with Crippen LogP contribution in [0, 0.1) is 0 Å². The van der Waals surface area contributed by atoms with E-state index in [0.29, 0.717) is 16.7 Å². The minimum absolute atomic E-state index is 0.226. The largest absolute Gasteiger partial charge is 0.480 e. The maximum atomic E-state index is 11.9. The minimum Gasteiger partial charge on any atom is -0.480 e. The van der Waals surface area contributed by atoms with E-state index in [1.165, 1.54) is 11.3 Å². The molecule has 8 heteroatoms. The van der Waals surface area contributed by atoms with Crippen molar-refractivity contribution in [3.8, 4) is 16.5 Å². The van der Waals surface area contributed by atoms with E-state index in [9.17, 15) is 4.79 Å². The molecule has 0 saturated carbocycles. The Labute approximate surface area is 147 Å². The molecule has 6 nitrogen and oxygen atoms in total. The normalized spacial score (nSPS) is 11.9. The fourth-order valence-electron chi connectivity index (χ4n) is 1.88. The van der Waals surface area contributed by atoms with Crippen molar-refractivity contribution in [2.45, 2.75) is 13.0 Å². The maximum absolute atomic E-state index is 11.9. The van der Waals surface area contributed by atoms with Gasteiger partial charge in [-0.2, -0.15) is 0 Å². The summed E-state index contributed by atoms with van der Waals surface area (Å²) in [5.74, 6) is 0.486. The monoisotopic (exact) mass is 364 g/mol. The van der Waals surface area contributed by atoms with Crippen molar-refractivity contribution in [3.05, 3.63) is 52.7 Å². The van der Waals surface area contributed by atoms with Gasteiger partial charge in [0.1, 0.15) is 5.75 Å². The Balaban J connectivity index is 1.55. The van der Waals surface area contributed by atoms with E-state index in [0.717, 1.165) is 4.88 Å². The van der Waals surface area contributed by atoms with Gasteiger partial charge in [0.15, 0.2) is 12.7 Å².